The molecule has 122 valence electrons. The van der Waals surface area contributed by atoms with Gasteiger partial charge in [-0.3, -0.25) is 4.68 Å². The monoisotopic (exact) mass is 337 g/mol. The van der Waals surface area contributed by atoms with Crippen molar-refractivity contribution in [3.05, 3.63) is 52.2 Å². The Morgan fingerprint density at radius 1 is 1.17 bits per heavy atom. The van der Waals surface area contributed by atoms with Crippen molar-refractivity contribution in [1.29, 1.82) is 0 Å². The third-order valence-electron chi connectivity index (χ3n) is 4.57. The number of hydrogen-bond donors (Lipinski definition) is 0. The number of imidazole rings is 1. The number of aromatic nitrogens is 5. The quantitative estimate of drug-likeness (QED) is 0.565. The van der Waals surface area contributed by atoms with Crippen molar-refractivity contribution in [3.63, 3.8) is 0 Å². The third kappa shape index (κ3) is 2.34. The molecule has 0 bridgehead atoms. The van der Waals surface area contributed by atoms with Crippen molar-refractivity contribution in [1.82, 2.24) is 24.3 Å². The smallest absolute Gasteiger partial charge is 0.116 e. The second kappa shape index (κ2) is 5.56. The molecular formula is C18H19N5S. The first-order valence-corrected chi connectivity index (χ1v) is 8.80. The lowest BCUT2D eigenvalue weighted by Crippen LogP contribution is -2.05. The maximum Gasteiger partial charge on any atom is 0.116 e. The first kappa shape index (κ1) is 15.1. The number of hydrogen-bond acceptors (Lipinski definition) is 4. The van der Waals surface area contributed by atoms with E-state index in [1.165, 1.54) is 11.1 Å². The predicted molar refractivity (Wildman–Crippen MR) is 97.3 cm³/mol. The number of thiazole rings is 1. The fourth-order valence-corrected chi connectivity index (χ4v) is 3.80. The van der Waals surface area contributed by atoms with E-state index in [0.717, 1.165) is 27.4 Å². The molecule has 3 aromatic heterocycles. The minimum atomic E-state index is 0.143. The Bertz CT molecular complexity index is 1020. The van der Waals surface area contributed by atoms with Crippen LogP contribution in [-0.2, 0) is 7.05 Å². The molecule has 1 atom stereocenters. The van der Waals surface area contributed by atoms with Crippen molar-refractivity contribution < 1.29 is 0 Å². The third-order valence-corrected chi connectivity index (χ3v) is 5.59. The van der Waals surface area contributed by atoms with Crippen LogP contribution < -0.4 is 0 Å². The molecule has 1 aromatic carbocycles. The molecule has 3 heterocycles. The van der Waals surface area contributed by atoms with Crippen molar-refractivity contribution >= 4 is 22.4 Å². The summed E-state index contributed by atoms with van der Waals surface area (Å²) in [5.74, 6) is 0. The van der Waals surface area contributed by atoms with E-state index in [-0.39, 0.29) is 6.04 Å². The molecule has 0 radical (unpaired) electrons. The predicted octanol–water partition coefficient (Wildman–Crippen LogP) is 4.12. The maximum atomic E-state index is 4.83. The van der Waals surface area contributed by atoms with E-state index in [4.69, 9.17) is 4.98 Å². The summed E-state index contributed by atoms with van der Waals surface area (Å²) >= 11 is 1.68. The van der Waals surface area contributed by atoms with Gasteiger partial charge in [-0.25, -0.2) is 9.97 Å². The van der Waals surface area contributed by atoms with Gasteiger partial charge in [-0.2, -0.15) is 5.10 Å². The van der Waals surface area contributed by atoms with Crippen molar-refractivity contribution in [2.24, 2.45) is 7.05 Å². The number of benzene rings is 1. The Kier molecular flexibility index (Phi) is 3.49. The normalized spacial score (nSPS) is 12.8. The number of aryl methyl sites for hydroxylation is 3. The van der Waals surface area contributed by atoms with Crippen LogP contribution in [0.25, 0.3) is 22.4 Å². The first-order chi connectivity index (χ1) is 11.5. The molecule has 0 saturated heterocycles. The highest BCUT2D eigenvalue weighted by Gasteiger charge is 2.17. The second-order valence-corrected chi connectivity index (χ2v) is 7.05. The van der Waals surface area contributed by atoms with E-state index in [9.17, 15) is 0 Å². The molecule has 0 fully saturated rings. The summed E-state index contributed by atoms with van der Waals surface area (Å²) in [4.78, 5) is 9.39. The number of rotatable bonds is 3. The number of nitrogens with zero attached hydrogens (tertiary/aromatic N) is 5. The molecule has 4 rings (SSSR count). The summed E-state index contributed by atoms with van der Waals surface area (Å²) in [7, 11) is 1.94. The summed E-state index contributed by atoms with van der Waals surface area (Å²) in [6.45, 7) is 6.43. The van der Waals surface area contributed by atoms with Crippen LogP contribution in [0.2, 0.25) is 0 Å². The molecule has 0 saturated carbocycles. The van der Waals surface area contributed by atoms with Crippen LogP contribution in [0.1, 0.15) is 29.1 Å². The minimum absolute atomic E-state index is 0.143. The van der Waals surface area contributed by atoms with Gasteiger partial charge in [-0.15, -0.1) is 11.3 Å². The van der Waals surface area contributed by atoms with E-state index in [1.54, 1.807) is 17.5 Å². The van der Waals surface area contributed by atoms with Crippen LogP contribution >= 0.6 is 11.3 Å². The fraction of sp³-hybridized carbons (Fsp3) is 0.278. The Balaban J connectivity index is 1.74. The topological polar surface area (TPSA) is 48.5 Å². The number of fused-ring (bicyclic) bond motifs is 1. The molecule has 0 aliphatic heterocycles. The summed E-state index contributed by atoms with van der Waals surface area (Å²) in [5.41, 5.74) is 6.75. The average molecular weight is 337 g/mol. The van der Waals surface area contributed by atoms with Gasteiger partial charge >= 0.3 is 0 Å². The zero-order valence-corrected chi connectivity index (χ0v) is 15.0. The van der Waals surface area contributed by atoms with E-state index in [0.29, 0.717) is 0 Å². The van der Waals surface area contributed by atoms with E-state index >= 15 is 0 Å². The van der Waals surface area contributed by atoms with Crippen LogP contribution in [0, 0.1) is 13.8 Å². The molecule has 6 heteroatoms. The largest absolute Gasteiger partial charge is 0.321 e. The highest BCUT2D eigenvalue weighted by molar-refractivity contribution is 7.10. The van der Waals surface area contributed by atoms with Gasteiger partial charge < -0.3 is 4.57 Å². The average Bonchev–Trinajstić information content (AvgIpc) is 3.26. The molecule has 5 nitrogen and oxygen atoms in total. The molecule has 0 spiro atoms. The molecule has 0 amide bonds. The molecule has 0 unspecified atom stereocenters. The van der Waals surface area contributed by atoms with Gasteiger partial charge in [0.05, 0.1) is 34.8 Å². The fourth-order valence-electron chi connectivity index (χ4n) is 2.93. The molecule has 0 N–H and O–H groups in total. The summed E-state index contributed by atoms with van der Waals surface area (Å²) in [6, 6.07) is 6.49. The van der Waals surface area contributed by atoms with Gasteiger partial charge in [0.2, 0.25) is 0 Å². The van der Waals surface area contributed by atoms with E-state index in [2.05, 4.69) is 52.9 Å². The lowest BCUT2D eigenvalue weighted by Gasteiger charge is -2.12. The highest BCUT2D eigenvalue weighted by Crippen LogP contribution is 2.29. The summed E-state index contributed by atoms with van der Waals surface area (Å²) in [5, 5.41) is 7.39. The van der Waals surface area contributed by atoms with Crippen LogP contribution in [-0.4, -0.2) is 24.3 Å². The van der Waals surface area contributed by atoms with Gasteiger partial charge in [0.25, 0.3) is 0 Å². The lowest BCUT2D eigenvalue weighted by molar-refractivity contribution is 0.652. The molecule has 4 aromatic rings. The highest BCUT2D eigenvalue weighted by atomic mass is 32.1. The van der Waals surface area contributed by atoms with Crippen molar-refractivity contribution in [2.75, 3.05) is 0 Å². The maximum absolute atomic E-state index is 4.83. The van der Waals surface area contributed by atoms with Gasteiger partial charge in [0.15, 0.2) is 0 Å². The van der Waals surface area contributed by atoms with Gasteiger partial charge in [-0.05, 0) is 50.1 Å². The Morgan fingerprint density at radius 3 is 2.71 bits per heavy atom. The summed E-state index contributed by atoms with van der Waals surface area (Å²) < 4.78 is 4.05. The van der Waals surface area contributed by atoms with Gasteiger partial charge in [-0.1, -0.05) is 0 Å². The Hall–Kier alpha value is -2.47. The van der Waals surface area contributed by atoms with Crippen LogP contribution in [0.4, 0.5) is 0 Å². The van der Waals surface area contributed by atoms with E-state index in [1.807, 2.05) is 24.1 Å². The molecular weight excluding hydrogens is 318 g/mol. The Labute approximate surface area is 144 Å². The van der Waals surface area contributed by atoms with Crippen molar-refractivity contribution in [3.8, 4) is 11.4 Å². The van der Waals surface area contributed by atoms with Crippen LogP contribution in [0.15, 0.2) is 36.1 Å². The van der Waals surface area contributed by atoms with Crippen LogP contribution in [0.3, 0.4) is 0 Å². The zero-order chi connectivity index (χ0) is 16.8. The standard InChI is InChI=1S/C18H19N5S/c1-11-7-14-17(8-12(11)2)23(10-19-14)13(3)18-21-15(9-24-18)16-5-6-20-22(16)4/h5-10,13H,1-4H3/t13-/m0/s1. The van der Waals surface area contributed by atoms with Gasteiger partial charge in [0, 0.05) is 18.6 Å². The Morgan fingerprint density at radius 2 is 1.96 bits per heavy atom. The van der Waals surface area contributed by atoms with Gasteiger partial charge in [0.1, 0.15) is 5.01 Å². The van der Waals surface area contributed by atoms with Crippen molar-refractivity contribution in [2.45, 2.75) is 26.8 Å². The lowest BCUT2D eigenvalue weighted by atomic mass is 10.1. The van der Waals surface area contributed by atoms with Crippen LogP contribution in [0.5, 0.6) is 0 Å². The summed E-state index contributed by atoms with van der Waals surface area (Å²) in [6.07, 6.45) is 3.71. The second-order valence-electron chi connectivity index (χ2n) is 6.16. The minimum Gasteiger partial charge on any atom is -0.321 e. The molecule has 0 aliphatic rings. The van der Waals surface area contributed by atoms with E-state index < -0.39 is 0 Å². The molecule has 0 aliphatic carbocycles. The molecule has 24 heavy (non-hydrogen) atoms. The first-order valence-electron chi connectivity index (χ1n) is 7.92. The zero-order valence-electron chi connectivity index (χ0n) is 14.2. The SMILES string of the molecule is Cc1cc2ncn([C@@H](C)c3nc(-c4ccnn4C)cs3)c2cc1C.